The summed E-state index contributed by atoms with van der Waals surface area (Å²) in [5.41, 5.74) is 5.47. The molecule has 2 bridgehead atoms. The van der Waals surface area contributed by atoms with Gasteiger partial charge in [-0.15, -0.1) is 0 Å². The van der Waals surface area contributed by atoms with Crippen molar-refractivity contribution >= 4 is 32.7 Å². The number of carbonyl (C=O) groups excluding carboxylic acids is 2. The number of hydrogen-bond acceptors (Lipinski definition) is 6. The van der Waals surface area contributed by atoms with E-state index in [1.807, 2.05) is 18.2 Å². The molecule has 1 aromatic heterocycles. The van der Waals surface area contributed by atoms with Crippen LogP contribution < -0.4 is 30.9 Å². The number of fused-ring (bicyclic) bond motifs is 9. The summed E-state index contributed by atoms with van der Waals surface area (Å²) in [4.78, 5) is 30.5. The molecule has 4 fully saturated rings. The van der Waals surface area contributed by atoms with Gasteiger partial charge in [-0.1, -0.05) is 0 Å². The fourth-order valence-corrected chi connectivity index (χ4v) is 12.8. The van der Waals surface area contributed by atoms with E-state index in [0.717, 1.165) is 66.6 Å². The predicted octanol–water partition coefficient (Wildman–Crippen LogP) is 2.20. The second-order valence-corrected chi connectivity index (χ2v) is 19.5. The Kier molecular flexibility index (Phi) is 7.48. The van der Waals surface area contributed by atoms with Crippen molar-refractivity contribution in [1.82, 2.24) is 17.3 Å². The van der Waals surface area contributed by atoms with Crippen LogP contribution in [0.4, 0.5) is 0 Å². The van der Waals surface area contributed by atoms with Crippen LogP contribution in [0.1, 0.15) is 91.6 Å². The molecule has 8 rings (SSSR count). The monoisotopic (exact) mass is 757 g/mol. The Balaban J connectivity index is 1.33. The molecule has 2 aromatic carbocycles. The van der Waals surface area contributed by atoms with E-state index in [0.29, 0.717) is 28.0 Å². The molecule has 9 nitrogen and oxygen atoms in total. The number of carbonyl (C=O) groups is 2. The zero-order valence-corrected chi connectivity index (χ0v) is 29.7. The molecule has 2 aliphatic carbocycles. The van der Waals surface area contributed by atoms with Crippen molar-refractivity contribution in [3.05, 3.63) is 53.1 Å². The summed E-state index contributed by atoms with van der Waals surface area (Å²) in [5, 5.41) is 1.10. The maximum atomic E-state index is 15.0. The van der Waals surface area contributed by atoms with Crippen molar-refractivity contribution in [1.29, 1.82) is 0 Å². The van der Waals surface area contributed by atoms with Gasteiger partial charge in [-0.2, -0.15) is 0 Å². The minimum atomic E-state index is -3.72. The first-order chi connectivity index (χ1) is 22.1. The average Bonchev–Trinajstić information content (AvgIpc) is 3.64. The third-order valence-corrected chi connectivity index (χ3v) is 15.7. The van der Waals surface area contributed by atoms with Crippen LogP contribution in [-0.2, 0) is 21.4 Å². The molecule has 46 heavy (non-hydrogen) atoms. The summed E-state index contributed by atoms with van der Waals surface area (Å²) in [6, 6.07) is 12.3. The number of aromatic nitrogens is 1. The van der Waals surface area contributed by atoms with Gasteiger partial charge in [0.15, 0.2) is 0 Å². The van der Waals surface area contributed by atoms with E-state index in [1.54, 1.807) is 13.2 Å². The summed E-state index contributed by atoms with van der Waals surface area (Å²) in [7, 11) is 0.190. The molecule has 3 aromatic rings. The van der Waals surface area contributed by atoms with Crippen LogP contribution in [0.25, 0.3) is 22.2 Å². The van der Waals surface area contributed by atoms with E-state index in [4.69, 9.17) is 4.74 Å². The zero-order valence-electron chi connectivity index (χ0n) is 26.7. The number of ether oxygens (including phenoxy) is 1. The Hall–Kier alpha value is -2.64. The number of nitrogens with zero attached hydrogens (tertiary/aromatic N) is 3. The normalized spacial score (nSPS) is 27.6. The Labute approximate surface area is 281 Å². The van der Waals surface area contributed by atoms with Crippen LogP contribution in [0.5, 0.6) is 5.75 Å². The Morgan fingerprint density at radius 1 is 1.07 bits per heavy atom. The van der Waals surface area contributed by atoms with Crippen LogP contribution in [0, 0.1) is 5.41 Å². The van der Waals surface area contributed by atoms with Gasteiger partial charge < -0.3 is 0 Å². The summed E-state index contributed by atoms with van der Waals surface area (Å²) in [5.74, 6) is 0.779. The van der Waals surface area contributed by atoms with Gasteiger partial charge in [0.05, 0.1) is 5.75 Å². The molecule has 4 heterocycles. The molecule has 2 saturated heterocycles. The number of nitrogens with one attached hydrogen (secondary N) is 1. The van der Waals surface area contributed by atoms with Gasteiger partial charge >= 0.3 is 262 Å². The van der Waals surface area contributed by atoms with Gasteiger partial charge in [-0.25, -0.2) is 8.42 Å². The van der Waals surface area contributed by atoms with Crippen molar-refractivity contribution in [2.45, 2.75) is 86.8 Å². The number of hydrogen-bond donors (Lipinski definition) is 1. The molecule has 11 heteroatoms. The third kappa shape index (κ3) is 4.81. The Morgan fingerprint density at radius 3 is 2.61 bits per heavy atom. The molecular formula is C35H42IN4O5S-. The van der Waals surface area contributed by atoms with E-state index in [-0.39, 0.29) is 39.2 Å². The summed E-state index contributed by atoms with van der Waals surface area (Å²) < 4.78 is 37.8. The van der Waals surface area contributed by atoms with Crippen molar-refractivity contribution in [2.24, 2.45) is 5.41 Å². The molecule has 2 amide bonds. The first kappa shape index (κ1) is 30.7. The van der Waals surface area contributed by atoms with Crippen LogP contribution >= 0.6 is 0 Å². The molecule has 3 aliphatic heterocycles. The second-order valence-electron chi connectivity index (χ2n) is 13.9. The molecule has 1 N–H and O–H groups in total. The zero-order chi connectivity index (χ0) is 32.0. The number of sulfonamides is 1. The first-order valence-corrected chi connectivity index (χ1v) is 20.6. The molecule has 246 valence electrons. The van der Waals surface area contributed by atoms with E-state index in [1.165, 1.54) is 37.3 Å². The number of likely N-dealkylation sites (N-methyl/N-ethyl adjacent to an activating group) is 1. The minimum absolute atomic E-state index is 0.0951. The van der Waals surface area contributed by atoms with Crippen molar-refractivity contribution in [2.75, 3.05) is 26.5 Å². The number of benzene rings is 2. The molecule has 0 spiro atoms. The summed E-state index contributed by atoms with van der Waals surface area (Å²) >= 11 is -0.236. The van der Waals surface area contributed by atoms with Crippen LogP contribution in [0.15, 0.2) is 36.4 Å². The van der Waals surface area contributed by atoms with E-state index < -0.39 is 21.3 Å². The first-order valence-electron chi connectivity index (χ1n) is 16.7. The number of amides is 2. The Bertz CT molecular complexity index is 1850. The number of halogens is 1. The molecule has 0 radical (unpaired) electrons. The fourth-order valence-electron chi connectivity index (χ4n) is 8.88. The van der Waals surface area contributed by atoms with Gasteiger partial charge in [-0.05, 0) is 6.92 Å². The number of alkyl halides is 1. The average molecular weight is 758 g/mol. The third-order valence-electron chi connectivity index (χ3n) is 11.2. The van der Waals surface area contributed by atoms with Crippen LogP contribution in [0.3, 0.4) is 0 Å². The van der Waals surface area contributed by atoms with Gasteiger partial charge in [-0.3, -0.25) is 0 Å². The number of methoxy groups -OCH3 is 1. The maximum absolute atomic E-state index is 15.0. The molecular weight excluding hydrogens is 715 g/mol. The Morgan fingerprint density at radius 2 is 1.87 bits per heavy atom. The van der Waals surface area contributed by atoms with Crippen LogP contribution in [-0.4, -0.2) is 69.4 Å². The number of rotatable bonds is 6. The van der Waals surface area contributed by atoms with E-state index in [2.05, 4.69) is 36.5 Å². The van der Waals surface area contributed by atoms with Crippen molar-refractivity contribution in [3.63, 3.8) is 0 Å². The van der Waals surface area contributed by atoms with Crippen molar-refractivity contribution in [3.8, 4) is 17.0 Å². The standard InChI is InChI=1S/C35H42IN4O5S/c1-4-46(43,44)37-33(41)22-10-13-26-29(16-22)39-20-35(34(42)40-23-11-15-30(40)36-38(2)19-23)18-28(35)27-17-24(45-3)12-14-25(27)32(39)31(26)21-8-6-5-7-9-21/h10,12-14,16-17,21,23,28,30H,4-9,11,15,18-20H2,1-3H3,(H,37,41)/q-1. The van der Waals surface area contributed by atoms with Gasteiger partial charge in [0.2, 0.25) is 0 Å². The van der Waals surface area contributed by atoms with E-state index >= 15 is 0 Å². The van der Waals surface area contributed by atoms with E-state index in [9.17, 15) is 18.0 Å². The topological polar surface area (TPSA) is 101 Å². The summed E-state index contributed by atoms with van der Waals surface area (Å²) in [6.45, 7) is 3.03. The molecule has 4 atom stereocenters. The van der Waals surface area contributed by atoms with Gasteiger partial charge in [0, 0.05) is 0 Å². The summed E-state index contributed by atoms with van der Waals surface area (Å²) in [6.07, 6.45) is 8.79. The quantitative estimate of drug-likeness (QED) is 0.179. The van der Waals surface area contributed by atoms with Gasteiger partial charge in [0.1, 0.15) is 0 Å². The van der Waals surface area contributed by atoms with Gasteiger partial charge in [0.25, 0.3) is 0 Å². The molecule has 4 unspecified atom stereocenters. The second kappa shape index (κ2) is 11.2. The molecule has 2 saturated carbocycles. The van der Waals surface area contributed by atoms with Crippen LogP contribution in [0.2, 0.25) is 0 Å². The fraction of sp³-hybridized carbons (Fsp3) is 0.543. The van der Waals surface area contributed by atoms with Crippen molar-refractivity contribution < 1.29 is 44.2 Å². The SMILES string of the molecule is CCS(=O)(=O)NC(=O)c1ccc2c(C3CCCCC3)c3n(c2c1)CC1(C(=O)N2C4CCC2[I-]N(C)C4)CC1c1cc(OC)ccc1-3. The predicted molar refractivity (Wildman–Crippen MR) is 173 cm³/mol. The molecule has 5 aliphatic rings.